The predicted octanol–water partition coefficient (Wildman–Crippen LogP) is 2.44. The van der Waals surface area contributed by atoms with Gasteiger partial charge in [0.25, 0.3) is 0 Å². The summed E-state index contributed by atoms with van der Waals surface area (Å²) >= 11 is 0. The summed E-state index contributed by atoms with van der Waals surface area (Å²) in [5.41, 5.74) is 0. The highest BCUT2D eigenvalue weighted by Gasteiger charge is 2.18. The molecule has 1 aliphatic heterocycles. The van der Waals surface area contributed by atoms with Crippen LogP contribution < -0.4 is 5.32 Å². The lowest BCUT2D eigenvalue weighted by Gasteiger charge is -2.23. The zero-order valence-electron chi connectivity index (χ0n) is 9.88. The highest BCUT2D eigenvalue weighted by atomic mass is 16.5. The third-order valence-corrected chi connectivity index (χ3v) is 3.51. The molecule has 0 aromatic heterocycles. The average molecular weight is 199 g/mol. The van der Waals surface area contributed by atoms with Crippen molar-refractivity contribution in [3.63, 3.8) is 0 Å². The number of ether oxygens (including phenoxy) is 1. The van der Waals surface area contributed by atoms with Crippen molar-refractivity contribution in [2.45, 2.75) is 46.1 Å². The molecule has 0 aromatic carbocycles. The fourth-order valence-electron chi connectivity index (χ4n) is 2.26. The Balaban J connectivity index is 2.15. The molecule has 0 spiro atoms. The van der Waals surface area contributed by atoms with Crippen molar-refractivity contribution in [1.82, 2.24) is 5.32 Å². The van der Waals surface area contributed by atoms with E-state index in [0.717, 1.165) is 31.6 Å². The van der Waals surface area contributed by atoms with Gasteiger partial charge in [0, 0.05) is 19.2 Å². The van der Waals surface area contributed by atoms with Crippen molar-refractivity contribution >= 4 is 0 Å². The first-order valence-electron chi connectivity index (χ1n) is 6.09. The van der Waals surface area contributed by atoms with Crippen molar-refractivity contribution in [3.05, 3.63) is 0 Å². The average Bonchev–Trinajstić information content (AvgIpc) is 2.69. The molecule has 0 aromatic rings. The largest absolute Gasteiger partial charge is 0.381 e. The second-order valence-electron chi connectivity index (χ2n) is 4.50. The van der Waals surface area contributed by atoms with Crippen LogP contribution in [0.15, 0.2) is 0 Å². The Bertz CT molecular complexity index is 139. The van der Waals surface area contributed by atoms with Gasteiger partial charge in [0.1, 0.15) is 0 Å². The minimum absolute atomic E-state index is 0.658. The Hall–Kier alpha value is -0.0800. The molecule has 2 atom stereocenters. The van der Waals surface area contributed by atoms with Crippen LogP contribution in [-0.4, -0.2) is 25.8 Å². The Morgan fingerprint density at radius 2 is 2.07 bits per heavy atom. The topological polar surface area (TPSA) is 21.3 Å². The number of hydrogen-bond donors (Lipinski definition) is 1. The summed E-state index contributed by atoms with van der Waals surface area (Å²) in [6.07, 6.45) is 3.81. The lowest BCUT2D eigenvalue weighted by molar-refractivity contribution is 0.183. The Labute approximate surface area is 88.4 Å². The summed E-state index contributed by atoms with van der Waals surface area (Å²) in [6, 6.07) is 0.658. The number of rotatable bonds is 6. The molecule has 0 amide bonds. The van der Waals surface area contributed by atoms with Gasteiger partial charge in [0.2, 0.25) is 0 Å². The van der Waals surface area contributed by atoms with E-state index in [1.165, 1.54) is 19.3 Å². The zero-order chi connectivity index (χ0) is 10.4. The zero-order valence-corrected chi connectivity index (χ0v) is 9.88. The molecule has 0 aliphatic carbocycles. The van der Waals surface area contributed by atoms with Gasteiger partial charge in [-0.15, -0.1) is 0 Å². The Morgan fingerprint density at radius 1 is 1.36 bits per heavy atom. The minimum atomic E-state index is 0.658. The summed E-state index contributed by atoms with van der Waals surface area (Å²) in [6.45, 7) is 9.94. The van der Waals surface area contributed by atoms with Crippen LogP contribution in [-0.2, 0) is 4.74 Å². The van der Waals surface area contributed by atoms with Gasteiger partial charge >= 0.3 is 0 Å². The van der Waals surface area contributed by atoms with E-state index in [1.807, 2.05) is 0 Å². The smallest absolute Gasteiger partial charge is 0.0507 e. The minimum Gasteiger partial charge on any atom is -0.381 e. The van der Waals surface area contributed by atoms with Crippen LogP contribution >= 0.6 is 0 Å². The van der Waals surface area contributed by atoms with E-state index in [1.54, 1.807) is 0 Å². The molecule has 1 N–H and O–H groups in total. The lowest BCUT2D eigenvalue weighted by Crippen LogP contribution is -2.36. The first kappa shape index (κ1) is 12.0. The third-order valence-electron chi connectivity index (χ3n) is 3.51. The van der Waals surface area contributed by atoms with Gasteiger partial charge in [-0.2, -0.15) is 0 Å². The summed E-state index contributed by atoms with van der Waals surface area (Å²) in [4.78, 5) is 0. The normalized spacial score (nSPS) is 24.4. The van der Waals surface area contributed by atoms with E-state index in [-0.39, 0.29) is 0 Å². The molecule has 2 heteroatoms. The molecule has 0 bridgehead atoms. The van der Waals surface area contributed by atoms with Crippen LogP contribution in [0.5, 0.6) is 0 Å². The fourth-order valence-corrected chi connectivity index (χ4v) is 2.26. The summed E-state index contributed by atoms with van der Waals surface area (Å²) in [5, 5.41) is 3.65. The van der Waals surface area contributed by atoms with Crippen molar-refractivity contribution in [2.75, 3.05) is 19.8 Å². The number of hydrogen-bond acceptors (Lipinski definition) is 2. The highest BCUT2D eigenvalue weighted by Crippen LogP contribution is 2.15. The first-order valence-corrected chi connectivity index (χ1v) is 6.09. The summed E-state index contributed by atoms with van der Waals surface area (Å²) < 4.78 is 5.36. The summed E-state index contributed by atoms with van der Waals surface area (Å²) in [7, 11) is 0. The maximum absolute atomic E-state index is 5.36. The van der Waals surface area contributed by atoms with Crippen LogP contribution in [0, 0.1) is 11.8 Å². The van der Waals surface area contributed by atoms with E-state index in [9.17, 15) is 0 Å². The molecular weight excluding hydrogens is 174 g/mol. The van der Waals surface area contributed by atoms with Crippen LogP contribution in [0.4, 0.5) is 0 Å². The first-order chi connectivity index (χ1) is 6.77. The molecule has 2 unspecified atom stereocenters. The SMILES string of the molecule is CCC(CC)C(C)NCC1CCOC1. The molecule has 1 rings (SSSR count). The van der Waals surface area contributed by atoms with E-state index in [0.29, 0.717) is 6.04 Å². The standard InChI is InChI=1S/C12H25NO/c1-4-12(5-2)10(3)13-8-11-6-7-14-9-11/h10-13H,4-9H2,1-3H3. The molecular formula is C12H25NO. The molecule has 0 saturated carbocycles. The second kappa shape index (κ2) is 6.41. The van der Waals surface area contributed by atoms with Crippen LogP contribution in [0.1, 0.15) is 40.0 Å². The molecule has 2 nitrogen and oxygen atoms in total. The quantitative estimate of drug-likeness (QED) is 0.709. The molecule has 1 saturated heterocycles. The summed E-state index contributed by atoms with van der Waals surface area (Å²) in [5.74, 6) is 1.59. The van der Waals surface area contributed by atoms with E-state index in [2.05, 4.69) is 26.1 Å². The van der Waals surface area contributed by atoms with Gasteiger partial charge in [-0.25, -0.2) is 0 Å². The highest BCUT2D eigenvalue weighted by molar-refractivity contribution is 4.73. The molecule has 14 heavy (non-hydrogen) atoms. The third kappa shape index (κ3) is 3.58. The molecule has 84 valence electrons. The van der Waals surface area contributed by atoms with Crippen molar-refractivity contribution in [1.29, 1.82) is 0 Å². The Kier molecular flexibility index (Phi) is 5.49. The molecule has 1 aliphatic rings. The lowest BCUT2D eigenvalue weighted by atomic mass is 9.95. The molecule has 0 radical (unpaired) electrons. The molecule has 1 heterocycles. The molecule has 1 fully saturated rings. The van der Waals surface area contributed by atoms with E-state index in [4.69, 9.17) is 4.74 Å². The van der Waals surface area contributed by atoms with Gasteiger partial charge in [-0.1, -0.05) is 26.7 Å². The van der Waals surface area contributed by atoms with Gasteiger partial charge in [0.05, 0.1) is 6.61 Å². The van der Waals surface area contributed by atoms with Gasteiger partial charge in [0.15, 0.2) is 0 Å². The van der Waals surface area contributed by atoms with Crippen LogP contribution in [0.25, 0.3) is 0 Å². The maximum atomic E-state index is 5.36. The van der Waals surface area contributed by atoms with Crippen molar-refractivity contribution in [3.8, 4) is 0 Å². The fraction of sp³-hybridized carbons (Fsp3) is 1.00. The number of nitrogens with one attached hydrogen (secondary N) is 1. The van der Waals surface area contributed by atoms with Crippen LogP contribution in [0.3, 0.4) is 0 Å². The van der Waals surface area contributed by atoms with Gasteiger partial charge in [-0.05, 0) is 25.2 Å². The van der Waals surface area contributed by atoms with Gasteiger partial charge in [-0.3, -0.25) is 0 Å². The van der Waals surface area contributed by atoms with Crippen molar-refractivity contribution < 1.29 is 4.74 Å². The Morgan fingerprint density at radius 3 is 2.57 bits per heavy atom. The van der Waals surface area contributed by atoms with Crippen molar-refractivity contribution in [2.24, 2.45) is 11.8 Å². The monoisotopic (exact) mass is 199 g/mol. The maximum Gasteiger partial charge on any atom is 0.0507 e. The van der Waals surface area contributed by atoms with E-state index < -0.39 is 0 Å². The van der Waals surface area contributed by atoms with Gasteiger partial charge < -0.3 is 10.1 Å². The second-order valence-corrected chi connectivity index (χ2v) is 4.50. The van der Waals surface area contributed by atoms with E-state index >= 15 is 0 Å². The predicted molar refractivity (Wildman–Crippen MR) is 60.5 cm³/mol. The van der Waals surface area contributed by atoms with Crippen LogP contribution in [0.2, 0.25) is 0 Å².